The molecule has 0 amide bonds. The molecule has 39 valence electrons. The first-order valence-electron chi connectivity index (χ1n) is 0.698. The monoisotopic (exact) mass is 403 g/mol. The zero-order valence-electron chi connectivity index (χ0n) is 2.50. The maximum atomic E-state index is 8.87. The first kappa shape index (κ1) is 10.7. The van der Waals surface area contributed by atoms with Crippen LogP contribution in [0.4, 0.5) is 0 Å². The summed E-state index contributed by atoms with van der Waals surface area (Å²) in [4.78, 5) is 0. The van der Waals surface area contributed by atoms with Gasteiger partial charge in [-0.05, 0) is 0 Å². The van der Waals surface area contributed by atoms with Crippen molar-refractivity contribution in [2.45, 2.75) is 0 Å². The van der Waals surface area contributed by atoms with Gasteiger partial charge in [0.25, 0.3) is 0 Å². The summed E-state index contributed by atoms with van der Waals surface area (Å²) in [6.07, 6.45) is 0. The van der Waals surface area contributed by atoms with Gasteiger partial charge in [-0.1, -0.05) is 0 Å². The van der Waals surface area contributed by atoms with Crippen molar-refractivity contribution in [1.29, 1.82) is 0 Å². The van der Waals surface area contributed by atoms with Crippen LogP contribution >= 0.6 is 0 Å². The average Bonchev–Trinajstić information content (AvgIpc) is 0.722. The molecule has 0 aromatic rings. The molecule has 4 nitrogen and oxygen atoms in total. The third kappa shape index (κ3) is 41.4. The van der Waals surface area contributed by atoms with Crippen LogP contribution in [-0.4, -0.2) is 7.52 Å². The molecular formula is H2EuO4W. The first-order valence-corrected chi connectivity index (χ1v) is 5.72. The molecule has 0 aliphatic carbocycles. The normalized spacial score (nSPS) is 9.67. The van der Waals surface area contributed by atoms with Gasteiger partial charge in [0.2, 0.25) is 0 Å². The van der Waals surface area contributed by atoms with Crippen LogP contribution in [0.1, 0.15) is 0 Å². The van der Waals surface area contributed by atoms with E-state index in [0.29, 0.717) is 0 Å². The van der Waals surface area contributed by atoms with Gasteiger partial charge in [-0.15, -0.1) is 0 Å². The molecule has 0 fully saturated rings. The summed E-state index contributed by atoms with van der Waals surface area (Å²) in [5.74, 6) is 0. The van der Waals surface area contributed by atoms with E-state index in [9.17, 15) is 0 Å². The SMILES string of the molecule is [Eu].[O]=[W](=[O])([OH])[OH]. The van der Waals surface area contributed by atoms with E-state index in [1.807, 2.05) is 0 Å². The van der Waals surface area contributed by atoms with E-state index in [1.54, 1.807) is 0 Å². The van der Waals surface area contributed by atoms with Crippen LogP contribution in [0.5, 0.6) is 0 Å². The van der Waals surface area contributed by atoms with Gasteiger partial charge in [0.15, 0.2) is 0 Å². The molecule has 2 N–H and O–H groups in total. The summed E-state index contributed by atoms with van der Waals surface area (Å²) in [5.41, 5.74) is 0. The standard InChI is InChI=1S/Eu.2H2O.2O.W/h;2*1H2;;;/q;;;;;+2/p-2. The fourth-order valence-electron chi connectivity index (χ4n) is 0. The van der Waals surface area contributed by atoms with Crippen molar-refractivity contribution >= 4 is 0 Å². The van der Waals surface area contributed by atoms with Crippen molar-refractivity contribution in [3.8, 4) is 0 Å². The second-order valence-corrected chi connectivity index (χ2v) is 3.67. The second-order valence-electron chi connectivity index (χ2n) is 0.448. The summed E-state index contributed by atoms with van der Waals surface area (Å²) in [6.45, 7) is 0. The molecule has 0 spiro atoms. The molecule has 0 unspecified atom stereocenters. The Kier molecular flexibility index (Phi) is 6.70. The van der Waals surface area contributed by atoms with Crippen molar-refractivity contribution < 1.29 is 80.4 Å². The van der Waals surface area contributed by atoms with Gasteiger partial charge in [0, 0.05) is 49.4 Å². The van der Waals surface area contributed by atoms with Crippen LogP contribution in [0.15, 0.2) is 0 Å². The topological polar surface area (TPSA) is 74.6 Å². The van der Waals surface area contributed by atoms with E-state index in [0.717, 1.165) is 0 Å². The van der Waals surface area contributed by atoms with Crippen molar-refractivity contribution in [2.24, 2.45) is 0 Å². The third-order valence-electron chi connectivity index (χ3n) is 0. The predicted octanol–water partition coefficient (Wildman–Crippen LogP) is -1.35. The summed E-state index contributed by atoms with van der Waals surface area (Å²) < 4.78 is 32.1. The van der Waals surface area contributed by atoms with E-state index in [4.69, 9.17) is 14.3 Å². The third-order valence-corrected chi connectivity index (χ3v) is 0. The molecule has 6 heteroatoms. The van der Waals surface area contributed by atoms with Crippen molar-refractivity contribution in [3.05, 3.63) is 0 Å². The first-order chi connectivity index (χ1) is 2.00. The minimum absolute atomic E-state index is 0. The van der Waals surface area contributed by atoms with Crippen LogP contribution in [0.3, 0.4) is 0 Å². The Hall–Kier alpha value is 1.79. The molecule has 0 aromatic carbocycles. The van der Waals surface area contributed by atoms with Crippen LogP contribution in [0.2, 0.25) is 0 Å². The number of hydrogen-bond acceptors (Lipinski definition) is 2. The number of rotatable bonds is 0. The molecular weight excluding hydrogens is 400 g/mol. The molecule has 1 radical (unpaired) electrons. The van der Waals surface area contributed by atoms with Crippen LogP contribution in [0.25, 0.3) is 0 Å². The minimum atomic E-state index is -5.67. The molecule has 0 bridgehead atoms. The van der Waals surface area contributed by atoms with E-state index in [1.165, 1.54) is 0 Å². The molecule has 0 aliphatic heterocycles. The van der Waals surface area contributed by atoms with E-state index in [-0.39, 0.29) is 49.4 Å². The summed E-state index contributed by atoms with van der Waals surface area (Å²) >= 11 is -5.67. The van der Waals surface area contributed by atoms with Crippen molar-refractivity contribution in [1.82, 2.24) is 0 Å². The van der Waals surface area contributed by atoms with Crippen LogP contribution in [0, 0.1) is 49.4 Å². The molecule has 0 aliphatic rings. The Morgan fingerprint density at radius 2 is 1.17 bits per heavy atom. The Morgan fingerprint density at radius 3 is 1.17 bits per heavy atom. The molecule has 0 rings (SSSR count). The Morgan fingerprint density at radius 1 is 1.17 bits per heavy atom. The quantitative estimate of drug-likeness (QED) is 0.526. The van der Waals surface area contributed by atoms with E-state index < -0.39 is 16.7 Å². The van der Waals surface area contributed by atoms with Crippen LogP contribution in [-0.2, 0) is 23.5 Å². The Labute approximate surface area is 78.8 Å². The molecule has 0 heterocycles. The average molecular weight is 402 g/mol. The zero-order valence-corrected chi connectivity index (χ0v) is 7.86. The van der Waals surface area contributed by atoms with Crippen LogP contribution < -0.4 is 0 Å². The van der Waals surface area contributed by atoms with E-state index >= 15 is 0 Å². The summed E-state index contributed by atoms with van der Waals surface area (Å²) in [7, 11) is 0. The Bertz CT molecular complexity index is 90.7. The Balaban J connectivity index is 0. The van der Waals surface area contributed by atoms with Gasteiger partial charge in [0.1, 0.15) is 0 Å². The van der Waals surface area contributed by atoms with Gasteiger partial charge in [-0.3, -0.25) is 0 Å². The fraction of sp³-hybridized carbons (Fsp3) is 0. The zero-order chi connectivity index (χ0) is 4.50. The fourth-order valence-corrected chi connectivity index (χ4v) is 0. The molecule has 0 saturated carbocycles. The maximum absolute atomic E-state index is 8.87. The molecule has 0 saturated heterocycles. The second kappa shape index (κ2) is 3.75. The van der Waals surface area contributed by atoms with Crippen molar-refractivity contribution in [2.75, 3.05) is 0 Å². The van der Waals surface area contributed by atoms with Crippen molar-refractivity contribution in [3.63, 3.8) is 0 Å². The molecule has 6 heavy (non-hydrogen) atoms. The van der Waals surface area contributed by atoms with E-state index in [2.05, 4.69) is 0 Å². The summed E-state index contributed by atoms with van der Waals surface area (Å²) in [6, 6.07) is 0. The van der Waals surface area contributed by atoms with Gasteiger partial charge in [0.05, 0.1) is 0 Å². The molecule has 0 atom stereocenters. The molecule has 0 aromatic heterocycles. The van der Waals surface area contributed by atoms with Gasteiger partial charge < -0.3 is 0 Å². The van der Waals surface area contributed by atoms with Gasteiger partial charge in [-0.25, -0.2) is 0 Å². The van der Waals surface area contributed by atoms with Gasteiger partial charge in [-0.2, -0.15) is 0 Å². The summed E-state index contributed by atoms with van der Waals surface area (Å²) in [5, 5.41) is 0. The number of hydrogen-bond donors (Lipinski definition) is 2. The predicted molar refractivity (Wildman–Crippen MR) is 5.81 cm³/mol. The van der Waals surface area contributed by atoms with Gasteiger partial charge >= 0.3 is 31.1 Å².